The molecule has 0 aliphatic heterocycles. The Morgan fingerprint density at radius 3 is 2.66 bits per heavy atom. The highest BCUT2D eigenvalue weighted by Gasteiger charge is 2.26. The molecule has 2 saturated carbocycles. The topological polar surface area (TPSA) is 64.0 Å². The molecule has 3 aromatic rings. The van der Waals surface area contributed by atoms with Crippen molar-refractivity contribution in [3.8, 4) is 11.1 Å². The number of carbonyl (C=O) groups is 1. The summed E-state index contributed by atoms with van der Waals surface area (Å²) in [5.74, 6) is 0.332. The lowest BCUT2D eigenvalue weighted by Crippen LogP contribution is -2.29. The largest absolute Gasteiger partial charge is 0.353 e. The summed E-state index contributed by atoms with van der Waals surface area (Å²) in [5, 5.41) is 6.44. The molecule has 0 atom stereocenters. The zero-order valence-corrected chi connectivity index (χ0v) is 17.7. The molecule has 5 rings (SSSR count). The Balaban J connectivity index is 1.56. The van der Waals surface area contributed by atoms with Gasteiger partial charge in [-0.05, 0) is 31.2 Å². The number of hydrogen-bond acceptors (Lipinski definition) is 5. The summed E-state index contributed by atoms with van der Waals surface area (Å²) < 4.78 is 1.88. The Bertz CT molecular complexity index is 1100. The monoisotopic (exact) mass is 425 g/mol. The van der Waals surface area contributed by atoms with E-state index >= 15 is 0 Å². The molecule has 0 radical (unpaired) electrons. The molecule has 1 N–H and O–H groups in total. The highest BCUT2D eigenvalue weighted by molar-refractivity contribution is 7.99. The number of hydrogen-bond donors (Lipinski definition) is 1. The molecule has 7 heteroatoms. The number of nitrogens with one attached hydrogen (secondary N) is 1. The first kappa shape index (κ1) is 18.9. The molecule has 5 nitrogen and oxygen atoms in total. The lowest BCUT2D eigenvalue weighted by atomic mass is 10.1. The van der Waals surface area contributed by atoms with Gasteiger partial charge in [-0.2, -0.15) is 0 Å². The summed E-state index contributed by atoms with van der Waals surface area (Å²) in [6.45, 7) is 0. The molecule has 29 heavy (non-hydrogen) atoms. The van der Waals surface area contributed by atoms with Gasteiger partial charge >= 0.3 is 0 Å². The third-order valence-electron chi connectivity index (χ3n) is 5.66. The molecule has 2 aliphatic carbocycles. The molecule has 2 fully saturated rings. The average molecular weight is 426 g/mol. The number of fused-ring (bicyclic) bond motifs is 1. The van der Waals surface area contributed by atoms with Crippen LogP contribution in [0, 0.1) is 0 Å². The normalized spacial score (nSPS) is 17.1. The molecule has 0 unspecified atom stereocenters. The van der Waals surface area contributed by atoms with Gasteiger partial charge < -0.3 is 5.32 Å². The molecule has 2 heterocycles. The van der Waals surface area contributed by atoms with Crippen LogP contribution in [0.2, 0.25) is 0 Å². The predicted molar refractivity (Wildman–Crippen MR) is 119 cm³/mol. The van der Waals surface area contributed by atoms with Gasteiger partial charge in [-0.1, -0.05) is 54.9 Å². The summed E-state index contributed by atoms with van der Waals surface area (Å²) >= 11 is 2.90. The van der Waals surface area contributed by atoms with Crippen molar-refractivity contribution in [2.24, 2.45) is 0 Å². The van der Waals surface area contributed by atoms with Crippen molar-refractivity contribution >= 4 is 39.2 Å². The minimum Gasteiger partial charge on any atom is -0.353 e. The van der Waals surface area contributed by atoms with Crippen molar-refractivity contribution < 1.29 is 4.79 Å². The molecule has 1 aromatic carbocycles. The van der Waals surface area contributed by atoms with E-state index in [2.05, 4.69) is 5.32 Å². The van der Waals surface area contributed by atoms with E-state index in [4.69, 9.17) is 4.98 Å². The Labute approximate surface area is 177 Å². The lowest BCUT2D eigenvalue weighted by Gasteiger charge is -2.18. The van der Waals surface area contributed by atoms with Crippen molar-refractivity contribution in [3.05, 3.63) is 46.1 Å². The van der Waals surface area contributed by atoms with Crippen LogP contribution in [0.3, 0.4) is 0 Å². The van der Waals surface area contributed by atoms with Crippen LogP contribution in [0.1, 0.15) is 44.6 Å². The van der Waals surface area contributed by atoms with E-state index in [1.807, 2.05) is 40.3 Å². The van der Waals surface area contributed by atoms with Crippen LogP contribution in [0.4, 0.5) is 0 Å². The molecule has 0 bridgehead atoms. The Morgan fingerprint density at radius 1 is 1.17 bits per heavy atom. The van der Waals surface area contributed by atoms with Gasteiger partial charge in [0.25, 0.3) is 5.56 Å². The first-order valence-electron chi connectivity index (χ1n) is 10.2. The van der Waals surface area contributed by atoms with Crippen molar-refractivity contribution in [2.45, 2.75) is 55.8 Å². The zero-order chi connectivity index (χ0) is 19.8. The van der Waals surface area contributed by atoms with Crippen LogP contribution in [-0.2, 0) is 4.79 Å². The van der Waals surface area contributed by atoms with Crippen molar-refractivity contribution in [2.75, 3.05) is 5.75 Å². The van der Waals surface area contributed by atoms with Crippen LogP contribution in [0.5, 0.6) is 0 Å². The highest BCUT2D eigenvalue weighted by atomic mass is 32.2. The van der Waals surface area contributed by atoms with Gasteiger partial charge in [0.2, 0.25) is 5.91 Å². The molecular formula is C22H23N3O2S2. The maximum absolute atomic E-state index is 13.6. The van der Waals surface area contributed by atoms with Crippen LogP contribution < -0.4 is 10.9 Å². The van der Waals surface area contributed by atoms with Crippen LogP contribution in [0.15, 0.2) is 45.7 Å². The fraction of sp³-hybridized carbons (Fsp3) is 0.409. The second-order valence-electron chi connectivity index (χ2n) is 7.83. The fourth-order valence-electron chi connectivity index (χ4n) is 4.03. The third kappa shape index (κ3) is 3.85. The Kier molecular flexibility index (Phi) is 5.18. The number of rotatable bonds is 6. The first-order chi connectivity index (χ1) is 14.2. The molecule has 2 aromatic heterocycles. The van der Waals surface area contributed by atoms with E-state index < -0.39 is 0 Å². The number of benzene rings is 1. The van der Waals surface area contributed by atoms with E-state index in [1.54, 1.807) is 0 Å². The third-order valence-corrected chi connectivity index (χ3v) is 7.48. The zero-order valence-electron chi connectivity index (χ0n) is 16.1. The average Bonchev–Trinajstić information content (AvgIpc) is 3.20. The van der Waals surface area contributed by atoms with Crippen molar-refractivity contribution in [1.29, 1.82) is 0 Å². The van der Waals surface area contributed by atoms with Gasteiger partial charge in [0, 0.05) is 23.0 Å². The van der Waals surface area contributed by atoms with E-state index in [0.717, 1.165) is 54.5 Å². The number of carbonyl (C=O) groups excluding carboxylic acids is 1. The van der Waals surface area contributed by atoms with Gasteiger partial charge in [0.05, 0.1) is 11.1 Å². The number of nitrogens with zero attached hydrogens (tertiary/aromatic N) is 2. The summed E-state index contributed by atoms with van der Waals surface area (Å²) in [6.07, 6.45) is 6.42. The van der Waals surface area contributed by atoms with Gasteiger partial charge in [-0.15, -0.1) is 11.3 Å². The molecule has 1 amide bonds. The van der Waals surface area contributed by atoms with Crippen LogP contribution in [0.25, 0.3) is 21.3 Å². The summed E-state index contributed by atoms with van der Waals surface area (Å²) in [5.41, 5.74) is 2.03. The number of aromatic nitrogens is 2. The molecular weight excluding hydrogens is 402 g/mol. The Morgan fingerprint density at radius 2 is 1.93 bits per heavy atom. The molecule has 2 aliphatic rings. The van der Waals surface area contributed by atoms with E-state index in [0.29, 0.717) is 22.3 Å². The van der Waals surface area contributed by atoms with Gasteiger partial charge in [0.1, 0.15) is 4.83 Å². The fourth-order valence-corrected chi connectivity index (χ4v) is 5.89. The van der Waals surface area contributed by atoms with Gasteiger partial charge in [-0.25, -0.2) is 4.98 Å². The first-order valence-corrected chi connectivity index (χ1v) is 12.1. The Hall–Kier alpha value is -2.12. The van der Waals surface area contributed by atoms with Gasteiger partial charge in [0.15, 0.2) is 5.16 Å². The molecule has 150 valence electrons. The maximum Gasteiger partial charge on any atom is 0.263 e. The second-order valence-corrected chi connectivity index (χ2v) is 9.63. The number of thioether (sulfide) groups is 1. The van der Waals surface area contributed by atoms with E-state index in [1.165, 1.54) is 23.1 Å². The summed E-state index contributed by atoms with van der Waals surface area (Å²) in [6, 6.07) is 10.6. The van der Waals surface area contributed by atoms with E-state index in [-0.39, 0.29) is 17.5 Å². The smallest absolute Gasteiger partial charge is 0.263 e. The standard InChI is InChI=1S/C22H23N3O2S2/c26-18(23-15-10-11-15)13-29-22-24-20-19(21(27)25(22)16-8-4-5-9-16)17(12-28-20)14-6-2-1-3-7-14/h1-3,6-7,12,15-16H,4-5,8-11,13H2,(H,23,26). The second kappa shape index (κ2) is 7.95. The molecule has 0 saturated heterocycles. The lowest BCUT2D eigenvalue weighted by molar-refractivity contribution is -0.118. The molecule has 0 spiro atoms. The van der Waals surface area contributed by atoms with Crippen molar-refractivity contribution in [1.82, 2.24) is 14.9 Å². The SMILES string of the molecule is O=C(CSc1nc2scc(-c3ccccc3)c2c(=O)n1C1CCCC1)NC1CC1. The minimum absolute atomic E-state index is 0.0287. The number of amides is 1. The predicted octanol–water partition coefficient (Wildman–Crippen LogP) is 4.61. The van der Waals surface area contributed by atoms with Crippen LogP contribution in [-0.4, -0.2) is 27.3 Å². The number of thiophene rings is 1. The van der Waals surface area contributed by atoms with Crippen molar-refractivity contribution in [3.63, 3.8) is 0 Å². The quantitative estimate of drug-likeness (QED) is 0.463. The van der Waals surface area contributed by atoms with Gasteiger partial charge in [-0.3, -0.25) is 14.2 Å². The minimum atomic E-state index is 0.0287. The summed E-state index contributed by atoms with van der Waals surface area (Å²) in [4.78, 5) is 31.4. The maximum atomic E-state index is 13.6. The summed E-state index contributed by atoms with van der Waals surface area (Å²) in [7, 11) is 0. The van der Waals surface area contributed by atoms with Crippen LogP contribution >= 0.6 is 23.1 Å². The van der Waals surface area contributed by atoms with E-state index in [9.17, 15) is 9.59 Å². The highest BCUT2D eigenvalue weighted by Crippen LogP contribution is 2.36.